The smallest absolute Gasteiger partial charge is 0.305 e. The van der Waals surface area contributed by atoms with Gasteiger partial charge in [-0.1, -0.05) is 35.5 Å². The van der Waals surface area contributed by atoms with Gasteiger partial charge in [0.2, 0.25) is 0 Å². The highest BCUT2D eigenvalue weighted by Crippen LogP contribution is 2.14. The van der Waals surface area contributed by atoms with Crippen LogP contribution in [-0.4, -0.2) is 13.1 Å². The number of carbonyl (C=O) groups excluding carboxylic acids is 1. The van der Waals surface area contributed by atoms with Crippen molar-refractivity contribution in [2.45, 2.75) is 59.3 Å². The number of esters is 1. The third kappa shape index (κ3) is 11.5. The molecule has 19 heavy (non-hydrogen) atoms. The van der Waals surface area contributed by atoms with E-state index in [0.717, 1.165) is 37.7 Å². The summed E-state index contributed by atoms with van der Waals surface area (Å²) in [5.41, 5.74) is 3.93. The minimum Gasteiger partial charge on any atom is -0.469 e. The average molecular weight is 264 g/mol. The highest BCUT2D eigenvalue weighted by molar-refractivity contribution is 5.69. The maximum Gasteiger partial charge on any atom is 0.305 e. The summed E-state index contributed by atoms with van der Waals surface area (Å²) in [6, 6.07) is 0. The van der Waals surface area contributed by atoms with Gasteiger partial charge < -0.3 is 4.74 Å². The molecule has 0 rings (SSSR count). The van der Waals surface area contributed by atoms with Gasteiger partial charge in [-0.15, -0.1) is 0 Å². The molecule has 0 amide bonds. The molecule has 0 aromatic carbocycles. The fourth-order valence-electron chi connectivity index (χ4n) is 1.72. The van der Waals surface area contributed by atoms with Crippen molar-refractivity contribution in [3.05, 3.63) is 35.5 Å². The van der Waals surface area contributed by atoms with Crippen LogP contribution in [0.3, 0.4) is 0 Å². The second-order valence-corrected chi connectivity index (χ2v) is 5.24. The molecule has 2 nitrogen and oxygen atoms in total. The van der Waals surface area contributed by atoms with E-state index in [4.69, 9.17) is 0 Å². The number of rotatable bonds is 9. The zero-order valence-electron chi connectivity index (χ0n) is 12.9. The van der Waals surface area contributed by atoms with Gasteiger partial charge >= 0.3 is 5.97 Å². The lowest BCUT2D eigenvalue weighted by Crippen LogP contribution is -2.00. The van der Waals surface area contributed by atoms with Gasteiger partial charge in [0.1, 0.15) is 0 Å². The normalized spacial score (nSPS) is 11.1. The molecule has 0 bridgehead atoms. The monoisotopic (exact) mass is 264 g/mol. The molecule has 0 aliphatic carbocycles. The lowest BCUT2D eigenvalue weighted by molar-refractivity contribution is -0.140. The first kappa shape index (κ1) is 17.7. The minimum absolute atomic E-state index is 0.158. The van der Waals surface area contributed by atoms with Crippen LogP contribution in [0.1, 0.15) is 59.3 Å². The minimum atomic E-state index is -0.158. The second kappa shape index (κ2) is 10.6. The molecule has 0 unspecified atom stereocenters. The van der Waals surface area contributed by atoms with Crippen molar-refractivity contribution < 1.29 is 9.53 Å². The Morgan fingerprint density at radius 3 is 2.21 bits per heavy atom. The van der Waals surface area contributed by atoms with E-state index in [1.54, 1.807) is 0 Å². The Morgan fingerprint density at radius 1 is 1.00 bits per heavy atom. The Bertz CT molecular complexity index is 344. The maximum atomic E-state index is 11.0. The second-order valence-electron chi connectivity index (χ2n) is 5.24. The topological polar surface area (TPSA) is 26.3 Å². The van der Waals surface area contributed by atoms with Crippen LogP contribution >= 0.6 is 0 Å². The largest absolute Gasteiger partial charge is 0.469 e. The molecule has 0 N–H and O–H groups in total. The van der Waals surface area contributed by atoms with Crippen molar-refractivity contribution in [1.82, 2.24) is 0 Å². The Kier molecular flexibility index (Phi) is 9.87. The van der Waals surface area contributed by atoms with E-state index in [0.29, 0.717) is 6.42 Å². The molecule has 108 valence electrons. The number of hydrogen-bond acceptors (Lipinski definition) is 2. The van der Waals surface area contributed by atoms with Gasteiger partial charge in [-0.25, -0.2) is 0 Å². The fraction of sp³-hybridized carbons (Fsp3) is 0.588. The lowest BCUT2D eigenvalue weighted by Gasteiger charge is -2.04. The zero-order valence-corrected chi connectivity index (χ0v) is 12.9. The molecule has 0 saturated carbocycles. The van der Waals surface area contributed by atoms with E-state index in [-0.39, 0.29) is 5.97 Å². The van der Waals surface area contributed by atoms with Crippen LogP contribution in [0, 0.1) is 0 Å². The molecule has 0 radical (unpaired) electrons. The molecule has 0 heterocycles. The predicted octanol–water partition coefficient (Wildman–Crippen LogP) is 4.97. The summed E-state index contributed by atoms with van der Waals surface area (Å²) >= 11 is 0. The molecule has 0 aliphatic rings. The van der Waals surface area contributed by atoms with Crippen molar-refractivity contribution in [3.8, 4) is 0 Å². The van der Waals surface area contributed by atoms with Crippen LogP contribution < -0.4 is 0 Å². The molecule has 0 fully saturated rings. The quantitative estimate of drug-likeness (QED) is 0.434. The third-order valence-corrected chi connectivity index (χ3v) is 2.99. The van der Waals surface area contributed by atoms with Crippen LogP contribution in [0.4, 0.5) is 0 Å². The van der Waals surface area contributed by atoms with Crippen LogP contribution in [0.5, 0.6) is 0 Å². The highest BCUT2D eigenvalue weighted by atomic mass is 16.5. The average Bonchev–Trinajstić information content (AvgIpc) is 2.35. The molecular weight excluding hydrogens is 236 g/mol. The summed E-state index contributed by atoms with van der Waals surface area (Å²) < 4.78 is 4.61. The first-order valence-corrected chi connectivity index (χ1v) is 6.98. The highest BCUT2D eigenvalue weighted by Gasteiger charge is 2.01. The van der Waals surface area contributed by atoms with Crippen LogP contribution in [0.25, 0.3) is 0 Å². The standard InChI is InChI=1S/C17H28O2/c1-14(2)8-6-9-15(3)10-7-11-16(4)12-13-17(18)19-5/h8,10H,4,6-7,9,11-13H2,1-3,5H3. The zero-order chi connectivity index (χ0) is 14.7. The van der Waals surface area contributed by atoms with Crippen molar-refractivity contribution in [3.63, 3.8) is 0 Å². The molecule has 2 heteroatoms. The first-order chi connectivity index (χ1) is 8.95. The summed E-state index contributed by atoms with van der Waals surface area (Å²) in [6.07, 6.45) is 9.94. The van der Waals surface area contributed by atoms with E-state index in [1.165, 1.54) is 18.3 Å². The van der Waals surface area contributed by atoms with E-state index in [1.807, 2.05) is 0 Å². The van der Waals surface area contributed by atoms with E-state index in [9.17, 15) is 4.79 Å². The number of allylic oxidation sites excluding steroid dienone is 5. The van der Waals surface area contributed by atoms with Crippen LogP contribution in [-0.2, 0) is 9.53 Å². The van der Waals surface area contributed by atoms with Gasteiger partial charge in [-0.3, -0.25) is 4.79 Å². The predicted molar refractivity (Wildman–Crippen MR) is 82.0 cm³/mol. The summed E-state index contributed by atoms with van der Waals surface area (Å²) in [5.74, 6) is -0.158. The number of carbonyl (C=O) groups is 1. The fourth-order valence-corrected chi connectivity index (χ4v) is 1.72. The molecule has 0 aromatic heterocycles. The molecule has 0 saturated heterocycles. The van der Waals surface area contributed by atoms with E-state index in [2.05, 4.69) is 44.2 Å². The summed E-state index contributed by atoms with van der Waals surface area (Å²) in [7, 11) is 1.42. The maximum absolute atomic E-state index is 11.0. The molecule has 0 aromatic rings. The van der Waals surface area contributed by atoms with E-state index < -0.39 is 0 Å². The van der Waals surface area contributed by atoms with Crippen molar-refractivity contribution in [2.75, 3.05) is 7.11 Å². The van der Waals surface area contributed by atoms with Crippen molar-refractivity contribution >= 4 is 5.97 Å². The lowest BCUT2D eigenvalue weighted by atomic mass is 10.0. The number of hydrogen-bond donors (Lipinski definition) is 0. The molecule has 0 spiro atoms. The molecular formula is C17H28O2. The summed E-state index contributed by atoms with van der Waals surface area (Å²) in [4.78, 5) is 11.0. The van der Waals surface area contributed by atoms with Gasteiger partial charge in [0.15, 0.2) is 0 Å². The van der Waals surface area contributed by atoms with Crippen molar-refractivity contribution in [1.29, 1.82) is 0 Å². The first-order valence-electron chi connectivity index (χ1n) is 6.98. The van der Waals surface area contributed by atoms with Gasteiger partial charge in [-0.05, 0) is 52.9 Å². The Morgan fingerprint density at radius 2 is 1.63 bits per heavy atom. The van der Waals surface area contributed by atoms with Crippen molar-refractivity contribution in [2.24, 2.45) is 0 Å². The van der Waals surface area contributed by atoms with Gasteiger partial charge in [-0.2, -0.15) is 0 Å². The van der Waals surface area contributed by atoms with Crippen LogP contribution in [0.15, 0.2) is 35.5 Å². The summed E-state index contributed by atoms with van der Waals surface area (Å²) in [5, 5.41) is 0. The summed E-state index contributed by atoms with van der Waals surface area (Å²) in [6.45, 7) is 10.4. The Balaban J connectivity index is 3.78. The third-order valence-electron chi connectivity index (χ3n) is 2.99. The van der Waals surface area contributed by atoms with E-state index >= 15 is 0 Å². The Labute approximate surface area is 118 Å². The molecule has 0 atom stereocenters. The van der Waals surface area contributed by atoms with Gasteiger partial charge in [0.05, 0.1) is 7.11 Å². The SMILES string of the molecule is C=C(CCC=C(C)CCC=C(C)C)CCC(=O)OC. The van der Waals surface area contributed by atoms with Gasteiger partial charge in [0.25, 0.3) is 0 Å². The van der Waals surface area contributed by atoms with Gasteiger partial charge in [0, 0.05) is 6.42 Å². The Hall–Kier alpha value is -1.31. The van der Waals surface area contributed by atoms with Crippen LogP contribution in [0.2, 0.25) is 0 Å². The number of methoxy groups -OCH3 is 1. The molecule has 0 aliphatic heterocycles. The number of ether oxygens (including phenoxy) is 1.